The highest BCUT2D eigenvalue weighted by atomic mass is 79.9. The summed E-state index contributed by atoms with van der Waals surface area (Å²) < 4.78 is 3.27. The normalized spacial score (nSPS) is 22.7. The van der Waals surface area contributed by atoms with Crippen LogP contribution >= 0.6 is 15.9 Å². The molecule has 0 saturated heterocycles. The van der Waals surface area contributed by atoms with Crippen LogP contribution in [0.3, 0.4) is 0 Å². The van der Waals surface area contributed by atoms with E-state index in [9.17, 15) is 5.11 Å². The van der Waals surface area contributed by atoms with Gasteiger partial charge < -0.3 is 22.1 Å². The molecule has 2 aliphatic rings. The van der Waals surface area contributed by atoms with Crippen molar-refractivity contribution in [3.05, 3.63) is 64.1 Å². The van der Waals surface area contributed by atoms with Crippen molar-refractivity contribution in [2.45, 2.75) is 38.3 Å². The number of benzene rings is 2. The molecule has 0 radical (unpaired) electrons. The van der Waals surface area contributed by atoms with E-state index in [4.69, 9.17) is 0 Å². The summed E-state index contributed by atoms with van der Waals surface area (Å²) in [6.45, 7) is 3.59. The molecular formula is C21H24Br2N2O. The van der Waals surface area contributed by atoms with Crippen molar-refractivity contribution in [1.29, 1.82) is 0 Å². The second-order valence-electron chi connectivity index (χ2n) is 7.12. The predicted octanol–water partition coefficient (Wildman–Crippen LogP) is 1.41. The van der Waals surface area contributed by atoms with Crippen molar-refractivity contribution < 1.29 is 26.7 Å². The molecule has 0 aliphatic carbocycles. The van der Waals surface area contributed by atoms with E-state index >= 15 is 0 Å². The van der Waals surface area contributed by atoms with E-state index in [1.807, 2.05) is 24.3 Å². The van der Waals surface area contributed by atoms with Crippen LogP contribution in [-0.2, 0) is 5.72 Å². The predicted molar refractivity (Wildman–Crippen MR) is 105 cm³/mol. The van der Waals surface area contributed by atoms with E-state index in [0.29, 0.717) is 6.54 Å². The fourth-order valence-electron chi connectivity index (χ4n) is 4.00. The maximum absolute atomic E-state index is 11.7. The maximum Gasteiger partial charge on any atom is 0.271 e. The largest absolute Gasteiger partial charge is 1.00 e. The van der Waals surface area contributed by atoms with Gasteiger partial charge in [-0.25, -0.2) is 9.48 Å². The van der Waals surface area contributed by atoms with Crippen LogP contribution < -0.4 is 21.9 Å². The Hall–Kier alpha value is -1.17. The summed E-state index contributed by atoms with van der Waals surface area (Å²) in [5.41, 5.74) is 2.42. The number of rotatable bonds is 2. The molecule has 2 aliphatic heterocycles. The van der Waals surface area contributed by atoms with Crippen molar-refractivity contribution >= 4 is 27.5 Å². The third kappa shape index (κ3) is 3.49. The van der Waals surface area contributed by atoms with E-state index in [0.717, 1.165) is 29.4 Å². The van der Waals surface area contributed by atoms with E-state index in [-0.39, 0.29) is 17.0 Å². The van der Waals surface area contributed by atoms with E-state index in [1.165, 1.54) is 29.9 Å². The van der Waals surface area contributed by atoms with Crippen LogP contribution in [0.1, 0.15) is 36.8 Å². The van der Waals surface area contributed by atoms with Gasteiger partial charge in [-0.05, 0) is 50.5 Å². The van der Waals surface area contributed by atoms with Crippen molar-refractivity contribution in [1.82, 2.24) is 0 Å². The minimum absolute atomic E-state index is 0. The van der Waals surface area contributed by atoms with Crippen LogP contribution in [0.5, 0.6) is 0 Å². The van der Waals surface area contributed by atoms with Gasteiger partial charge in [0.25, 0.3) is 11.6 Å². The Balaban J connectivity index is 0.00000196. The molecule has 2 aromatic rings. The molecule has 4 rings (SSSR count). The molecule has 1 atom stereocenters. The van der Waals surface area contributed by atoms with E-state index in [1.54, 1.807) is 0 Å². The standard InChI is InChI=1S/C21H24BrN2O.BrH/c1-16-6-12-19(13-7-16)23-15-21(25,17-8-10-18(22)11-9-17)24-14-4-2-3-5-20(23)24;/h6-13,25H,2-5,14-15H2,1H3;1H/q+1;/p-1. The zero-order valence-electron chi connectivity index (χ0n) is 15.0. The average Bonchev–Trinajstić information content (AvgIpc) is 2.78. The lowest BCUT2D eigenvalue weighted by atomic mass is 10.0. The number of nitrogens with zero attached hydrogens (tertiary/aromatic N) is 2. The summed E-state index contributed by atoms with van der Waals surface area (Å²) in [7, 11) is 0. The van der Waals surface area contributed by atoms with Crippen LogP contribution in [0.4, 0.5) is 5.69 Å². The summed E-state index contributed by atoms with van der Waals surface area (Å²) in [5, 5.41) is 11.7. The Kier molecular flexibility index (Phi) is 5.90. The second kappa shape index (κ2) is 7.83. The minimum Gasteiger partial charge on any atom is -1.00 e. The molecule has 2 aromatic carbocycles. The number of anilines is 1. The quantitative estimate of drug-likeness (QED) is 0.659. The number of amidine groups is 1. The van der Waals surface area contributed by atoms with Crippen LogP contribution in [0, 0.1) is 6.92 Å². The molecule has 1 unspecified atom stereocenters. The van der Waals surface area contributed by atoms with Gasteiger partial charge in [-0.2, -0.15) is 0 Å². The van der Waals surface area contributed by atoms with Gasteiger partial charge in [-0.3, -0.25) is 0 Å². The molecular weight excluding hydrogens is 456 g/mol. The molecule has 1 N–H and O–H groups in total. The lowest BCUT2D eigenvalue weighted by molar-refractivity contribution is -0.658. The van der Waals surface area contributed by atoms with Gasteiger partial charge in [0.15, 0.2) is 6.54 Å². The highest BCUT2D eigenvalue weighted by molar-refractivity contribution is 9.10. The molecule has 0 spiro atoms. The van der Waals surface area contributed by atoms with Gasteiger partial charge in [0.2, 0.25) is 0 Å². The molecule has 26 heavy (non-hydrogen) atoms. The Morgan fingerprint density at radius 3 is 2.38 bits per heavy atom. The van der Waals surface area contributed by atoms with Crippen molar-refractivity contribution in [2.24, 2.45) is 0 Å². The van der Waals surface area contributed by atoms with Crippen molar-refractivity contribution in [2.75, 3.05) is 18.0 Å². The second-order valence-corrected chi connectivity index (χ2v) is 8.04. The van der Waals surface area contributed by atoms with Gasteiger partial charge in [0.05, 0.1) is 6.54 Å². The van der Waals surface area contributed by atoms with E-state index < -0.39 is 5.72 Å². The number of β-amino-alcohol motifs (C(OH)–C–C–N with tert-alkyl or cyclic N) is 1. The summed E-state index contributed by atoms with van der Waals surface area (Å²) in [5.74, 6) is 1.26. The number of aryl methyl sites for hydroxylation is 1. The zero-order valence-corrected chi connectivity index (χ0v) is 18.1. The SMILES string of the molecule is Cc1ccc(N2CC(O)(c3ccc(Br)cc3)[N+]3=C2CCCCC3)cc1.[Br-]. The summed E-state index contributed by atoms with van der Waals surface area (Å²) in [4.78, 5) is 2.31. The lowest BCUT2D eigenvalue weighted by Crippen LogP contribution is -3.00. The molecule has 138 valence electrons. The maximum atomic E-state index is 11.7. The summed E-state index contributed by atoms with van der Waals surface area (Å²) in [6.07, 6.45) is 4.56. The Morgan fingerprint density at radius 1 is 1.00 bits per heavy atom. The highest BCUT2D eigenvalue weighted by Gasteiger charge is 2.51. The Morgan fingerprint density at radius 2 is 1.69 bits per heavy atom. The molecule has 5 heteroatoms. The topological polar surface area (TPSA) is 26.5 Å². The lowest BCUT2D eigenvalue weighted by Gasteiger charge is -2.23. The Labute approximate surface area is 174 Å². The van der Waals surface area contributed by atoms with Crippen molar-refractivity contribution in [3.8, 4) is 0 Å². The number of aliphatic hydroxyl groups is 1. The number of hydrogen-bond donors (Lipinski definition) is 1. The molecule has 0 fully saturated rings. The Bertz CT molecular complexity index is 802. The van der Waals surface area contributed by atoms with Gasteiger partial charge in [0, 0.05) is 16.5 Å². The third-order valence-corrected chi connectivity index (χ3v) is 5.91. The molecule has 0 aromatic heterocycles. The first-order valence-corrected chi connectivity index (χ1v) is 9.83. The van der Waals surface area contributed by atoms with Crippen LogP contribution in [0.2, 0.25) is 0 Å². The number of hydrogen-bond acceptors (Lipinski definition) is 2. The third-order valence-electron chi connectivity index (χ3n) is 5.38. The first-order valence-electron chi connectivity index (χ1n) is 9.04. The number of halogens is 2. The van der Waals surface area contributed by atoms with E-state index in [2.05, 4.69) is 56.6 Å². The first kappa shape index (κ1) is 19.6. The van der Waals surface area contributed by atoms with Gasteiger partial charge in [-0.1, -0.05) is 45.8 Å². The summed E-state index contributed by atoms with van der Waals surface area (Å²) >= 11 is 3.50. The van der Waals surface area contributed by atoms with Gasteiger partial charge >= 0.3 is 0 Å². The summed E-state index contributed by atoms with van der Waals surface area (Å²) in [6, 6.07) is 16.7. The average molecular weight is 480 g/mol. The minimum atomic E-state index is -0.967. The van der Waals surface area contributed by atoms with Crippen molar-refractivity contribution in [3.63, 3.8) is 0 Å². The molecule has 2 heterocycles. The highest BCUT2D eigenvalue weighted by Crippen LogP contribution is 2.35. The van der Waals surface area contributed by atoms with Crippen LogP contribution in [0.15, 0.2) is 53.0 Å². The molecule has 0 bridgehead atoms. The fraction of sp³-hybridized carbons (Fsp3) is 0.381. The molecule has 0 amide bonds. The van der Waals surface area contributed by atoms with Gasteiger partial charge in [0.1, 0.15) is 5.69 Å². The van der Waals surface area contributed by atoms with Gasteiger partial charge in [-0.15, -0.1) is 0 Å². The zero-order chi connectivity index (χ0) is 17.4. The first-order chi connectivity index (χ1) is 12.1. The fourth-order valence-corrected chi connectivity index (χ4v) is 4.26. The monoisotopic (exact) mass is 478 g/mol. The van der Waals surface area contributed by atoms with Crippen LogP contribution in [-0.4, -0.2) is 28.6 Å². The van der Waals surface area contributed by atoms with Crippen LogP contribution in [0.25, 0.3) is 0 Å². The smallest absolute Gasteiger partial charge is 0.271 e. The molecule has 3 nitrogen and oxygen atoms in total. The molecule has 0 saturated carbocycles.